The first kappa shape index (κ1) is 7.82. The van der Waals surface area contributed by atoms with Gasteiger partial charge in [-0.15, -0.1) is 5.14 Å². The number of rotatable bonds is 1. The van der Waals surface area contributed by atoms with E-state index in [9.17, 15) is 16.8 Å². The van der Waals surface area contributed by atoms with Crippen LogP contribution >= 0.6 is 0 Å². The molecule has 3 N–H and O–H groups in total. The molecule has 0 rings (SSSR count). The smallest absolute Gasteiger partial charge is 0.214 e. The largest absolute Gasteiger partial charge is 0.344 e. The van der Waals surface area contributed by atoms with Gasteiger partial charge in [0.25, 0.3) is 0 Å². The Kier molecular flexibility index (Phi) is 1.62. The van der Waals surface area contributed by atoms with Gasteiger partial charge in [0.2, 0.25) is 0 Å². The second-order valence-corrected chi connectivity index (χ2v) is 5.55. The van der Waals surface area contributed by atoms with Crippen LogP contribution in [0.1, 0.15) is 0 Å². The molecule has 0 fully saturated rings. The summed E-state index contributed by atoms with van der Waals surface area (Å²) in [5.41, 5.74) is 0. The topological polar surface area (TPSA) is 118 Å². The van der Waals surface area contributed by atoms with E-state index in [-0.39, 0.29) is 0 Å². The molecule has 0 aromatic heterocycles. The maximum absolute atomic E-state index is 9.66. The minimum atomic E-state index is -4.84. The Morgan fingerprint density at radius 3 is 1.25 bits per heavy atom. The molecule has 0 aliphatic carbocycles. The number of hydrogen-bond donors (Lipinski definition) is 1. The second-order valence-electron chi connectivity index (χ2n) is 0.947. The molecule has 0 amide bonds. The van der Waals surface area contributed by atoms with Crippen LogP contribution < -0.4 is 10.3 Å². The molecule has 0 spiro atoms. The molecule has 8 heavy (non-hydrogen) atoms. The summed E-state index contributed by atoms with van der Waals surface area (Å²) >= 11 is 0. The van der Waals surface area contributed by atoms with E-state index in [1.54, 1.807) is 0 Å². The van der Waals surface area contributed by atoms with Crippen LogP contribution in [0.2, 0.25) is 0 Å². The lowest BCUT2D eigenvalue weighted by Gasteiger charge is -1.86. The van der Waals surface area contributed by atoms with Crippen molar-refractivity contribution >= 4 is 18.1 Å². The lowest BCUT2D eigenvalue weighted by molar-refractivity contribution is 0.583. The van der Waals surface area contributed by atoms with Gasteiger partial charge >= 0.3 is 18.1 Å². The normalized spacial score (nSPS) is 13.8. The van der Waals surface area contributed by atoms with Crippen LogP contribution in [0.5, 0.6) is 0 Å². The Labute approximate surface area is 46.0 Å². The van der Waals surface area contributed by atoms with Gasteiger partial charge in [0.15, 0.2) is 0 Å². The van der Waals surface area contributed by atoms with E-state index in [0.29, 0.717) is 0 Å². The van der Waals surface area contributed by atoms with Crippen LogP contribution in [-0.4, -0.2) is 16.8 Å². The fraction of sp³-hybridized carbons (Fsp3) is 0. The molecular weight excluding hydrogens is 156 g/mol. The van der Waals surface area contributed by atoms with Crippen LogP contribution in [0.25, 0.3) is 0 Å². The van der Waals surface area contributed by atoms with Gasteiger partial charge in [-0.25, -0.2) is 5.14 Å². The molecule has 0 saturated heterocycles. The van der Waals surface area contributed by atoms with Gasteiger partial charge in [0.05, 0.1) is 0 Å². The Hall–Kier alpha value is -0.180. The minimum Gasteiger partial charge on any atom is -0.214 e. The lowest BCUT2D eigenvalue weighted by Crippen LogP contribution is -2.23. The van der Waals surface area contributed by atoms with Crippen molar-refractivity contribution in [3.05, 3.63) is 0 Å². The highest BCUT2D eigenvalue weighted by molar-refractivity contribution is 8.65. The Bertz CT molecular complexity index is 224. The molecule has 0 bridgehead atoms. The summed E-state index contributed by atoms with van der Waals surface area (Å²) in [5.74, 6) is 0. The van der Waals surface area contributed by atoms with E-state index in [1.165, 1.54) is 0 Å². The molecule has 0 aromatic rings. The maximum Gasteiger partial charge on any atom is 0.344 e. The molecule has 8 heteroatoms. The lowest BCUT2D eigenvalue weighted by atomic mass is 13.9. The predicted molar refractivity (Wildman–Crippen MR) is 25.1 cm³/mol. The van der Waals surface area contributed by atoms with Crippen molar-refractivity contribution in [1.29, 1.82) is 0 Å². The third-order valence-electron chi connectivity index (χ3n) is 0.306. The monoisotopic (exact) mass is 159 g/mol. The van der Waals surface area contributed by atoms with Gasteiger partial charge in [0, 0.05) is 0 Å². The Morgan fingerprint density at radius 1 is 1.12 bits per heavy atom. The zero-order valence-electron chi connectivity index (χ0n) is 3.53. The van der Waals surface area contributed by atoms with Gasteiger partial charge in [-0.05, 0) is 0 Å². The summed E-state index contributed by atoms with van der Waals surface area (Å²) in [6, 6.07) is 0. The number of nitrogens with one attached hydrogen (secondary N) is 1. The third-order valence-corrected chi connectivity index (χ3v) is 2.75. The SMILES string of the molecule is [NH]S(=O)(=O)S(N)(=O)=O. The number of hydrogen-bond acceptors (Lipinski definition) is 4. The average Bonchev–Trinajstić information content (AvgIpc) is 1.25. The molecule has 1 radical (unpaired) electrons. The van der Waals surface area contributed by atoms with Crippen LogP contribution in [0, 0.1) is 0 Å². The van der Waals surface area contributed by atoms with Crippen molar-refractivity contribution in [2.75, 3.05) is 0 Å². The summed E-state index contributed by atoms with van der Waals surface area (Å²) in [4.78, 5) is 0. The zero-order valence-corrected chi connectivity index (χ0v) is 5.16. The highest BCUT2D eigenvalue weighted by Crippen LogP contribution is 1.85. The summed E-state index contributed by atoms with van der Waals surface area (Å²) in [7, 11) is -9.54. The quantitative estimate of drug-likeness (QED) is 0.437. The second kappa shape index (κ2) is 1.65. The minimum absolute atomic E-state index is 4.01. The third kappa shape index (κ3) is 1.74. The van der Waals surface area contributed by atoms with E-state index in [1.807, 2.05) is 0 Å². The standard InChI is InChI=1S/H3N2O4S2/c1-7(3,4)8(2,5)6/h1H,(H2,2,5,6). The van der Waals surface area contributed by atoms with Gasteiger partial charge in [0.1, 0.15) is 0 Å². The van der Waals surface area contributed by atoms with E-state index in [2.05, 4.69) is 5.14 Å². The molecule has 0 heterocycles. The molecule has 49 valence electrons. The van der Waals surface area contributed by atoms with Crippen LogP contribution in [0.4, 0.5) is 0 Å². The summed E-state index contributed by atoms with van der Waals surface area (Å²) in [6.07, 6.45) is 0. The highest BCUT2D eigenvalue weighted by atomic mass is 33.2. The predicted octanol–water partition coefficient (Wildman–Crippen LogP) is -2.20. The van der Waals surface area contributed by atoms with Gasteiger partial charge in [-0.1, -0.05) is 0 Å². The molecule has 0 unspecified atom stereocenters. The fourth-order valence-electron chi connectivity index (χ4n) is 0. The van der Waals surface area contributed by atoms with Gasteiger partial charge < -0.3 is 0 Å². The summed E-state index contributed by atoms with van der Waals surface area (Å²) < 4.78 is 38.5. The van der Waals surface area contributed by atoms with E-state index < -0.39 is 18.1 Å². The van der Waals surface area contributed by atoms with Crippen LogP contribution in [0.15, 0.2) is 0 Å². The van der Waals surface area contributed by atoms with Crippen LogP contribution in [0.3, 0.4) is 0 Å². The van der Waals surface area contributed by atoms with E-state index in [0.717, 1.165) is 0 Å². The molecule has 6 nitrogen and oxygen atoms in total. The summed E-state index contributed by atoms with van der Waals surface area (Å²) in [5, 5.41) is 9.85. The van der Waals surface area contributed by atoms with E-state index >= 15 is 0 Å². The number of nitrogens with two attached hydrogens (primary N) is 1. The molecular formula is H3N2O4S2. The van der Waals surface area contributed by atoms with Crippen molar-refractivity contribution in [2.45, 2.75) is 0 Å². The first-order valence-electron chi connectivity index (χ1n) is 1.27. The fourth-order valence-corrected chi connectivity index (χ4v) is 0. The molecule has 0 atom stereocenters. The molecule has 0 saturated carbocycles. The van der Waals surface area contributed by atoms with Crippen LogP contribution in [-0.2, 0) is 18.1 Å². The highest BCUT2D eigenvalue weighted by Gasteiger charge is 2.19. The van der Waals surface area contributed by atoms with Crippen molar-refractivity contribution < 1.29 is 16.8 Å². The maximum atomic E-state index is 9.66. The Balaban J connectivity index is 5.18. The summed E-state index contributed by atoms with van der Waals surface area (Å²) in [6.45, 7) is 0. The first-order valence-corrected chi connectivity index (χ1v) is 4.82. The molecule has 0 aliphatic rings. The first-order chi connectivity index (χ1) is 3.25. The van der Waals surface area contributed by atoms with Crippen molar-refractivity contribution in [3.63, 3.8) is 0 Å². The molecule has 0 aliphatic heterocycles. The average molecular weight is 159 g/mol. The van der Waals surface area contributed by atoms with Crippen molar-refractivity contribution in [2.24, 2.45) is 5.14 Å². The Morgan fingerprint density at radius 2 is 1.25 bits per heavy atom. The van der Waals surface area contributed by atoms with E-state index in [4.69, 9.17) is 5.14 Å². The molecule has 0 aromatic carbocycles. The van der Waals surface area contributed by atoms with Gasteiger partial charge in [-0.2, -0.15) is 16.8 Å². The van der Waals surface area contributed by atoms with Gasteiger partial charge in [-0.3, -0.25) is 0 Å². The van der Waals surface area contributed by atoms with Crippen molar-refractivity contribution in [3.8, 4) is 0 Å². The van der Waals surface area contributed by atoms with Crippen molar-refractivity contribution in [1.82, 2.24) is 5.14 Å². The zero-order chi connectivity index (χ0) is 7.00.